The lowest BCUT2D eigenvalue weighted by Crippen LogP contribution is -2.40. The number of halogens is 1. The lowest BCUT2D eigenvalue weighted by molar-refractivity contribution is 0.0223. The van der Waals surface area contributed by atoms with Gasteiger partial charge in [-0.05, 0) is 57.9 Å². The first kappa shape index (κ1) is 20.9. The molecule has 4 rings (SSSR count). The molecule has 0 aliphatic carbocycles. The van der Waals surface area contributed by atoms with Crippen LogP contribution in [0.4, 0.5) is 9.18 Å². The average Bonchev–Trinajstić information content (AvgIpc) is 3.26. The zero-order valence-electron chi connectivity index (χ0n) is 18.3. The molecular weight excluding hydrogens is 401 g/mol. The molecule has 1 aromatic carbocycles. The zero-order valence-corrected chi connectivity index (χ0v) is 18.3. The molecule has 0 fully saturated rings. The number of hydrogen-bond acceptors (Lipinski definition) is 4. The summed E-state index contributed by atoms with van der Waals surface area (Å²) in [6.07, 6.45) is 3.27. The van der Waals surface area contributed by atoms with E-state index in [2.05, 4.69) is 4.98 Å². The Morgan fingerprint density at radius 2 is 1.90 bits per heavy atom. The summed E-state index contributed by atoms with van der Waals surface area (Å²) in [6.45, 7) is 9.58. The minimum Gasteiger partial charge on any atom is -0.444 e. The molecule has 0 saturated heterocycles. The molecular formula is C22H26FN5O3. The Balaban J connectivity index is 1.84. The summed E-state index contributed by atoms with van der Waals surface area (Å²) >= 11 is 0. The Labute approximate surface area is 179 Å². The van der Waals surface area contributed by atoms with Crippen molar-refractivity contribution in [2.75, 3.05) is 6.54 Å². The van der Waals surface area contributed by atoms with E-state index in [1.54, 1.807) is 48.0 Å². The highest BCUT2D eigenvalue weighted by Crippen LogP contribution is 2.29. The van der Waals surface area contributed by atoms with Crippen molar-refractivity contribution >= 4 is 6.09 Å². The third kappa shape index (κ3) is 3.87. The average molecular weight is 427 g/mol. The lowest BCUT2D eigenvalue weighted by Gasteiger charge is -2.29. The zero-order chi connectivity index (χ0) is 22.5. The number of benzene rings is 1. The number of nitrogens with zero attached hydrogens (tertiary/aromatic N) is 4. The van der Waals surface area contributed by atoms with Gasteiger partial charge in [-0.3, -0.25) is 4.57 Å². The number of carbonyl (C=O) groups excluding carboxylic acids is 1. The molecule has 1 aliphatic heterocycles. The standard InChI is InChI=1S/C22H26FN5O3/c1-13-10-15(11-14(2)18(13)23)28-19(27-9-7-24-20(27)29)16-12-26(8-6-17(16)25-28)21(30)31-22(3,4)5/h7,9-11H,6,8,12H2,1-5H3,(H,24,29). The minimum absolute atomic E-state index is 0.260. The van der Waals surface area contributed by atoms with Gasteiger partial charge in [-0.25, -0.2) is 18.7 Å². The van der Waals surface area contributed by atoms with Crippen molar-refractivity contribution in [3.8, 4) is 11.5 Å². The predicted octanol–water partition coefficient (Wildman–Crippen LogP) is 3.40. The molecule has 9 heteroatoms. The molecule has 0 spiro atoms. The van der Waals surface area contributed by atoms with Crippen LogP contribution in [0.5, 0.6) is 0 Å². The maximum Gasteiger partial charge on any atom is 0.410 e. The van der Waals surface area contributed by atoms with Gasteiger partial charge in [0.15, 0.2) is 0 Å². The Kier molecular flexibility index (Phi) is 4.99. The number of nitrogens with one attached hydrogen (secondary N) is 1. The number of rotatable bonds is 2. The lowest BCUT2D eigenvalue weighted by atomic mass is 10.1. The SMILES string of the molecule is Cc1cc(-n2nc3c(c2-n2cc[nH]c2=O)CN(C(=O)OC(C)(C)C)CC3)cc(C)c1F. The third-order valence-electron chi connectivity index (χ3n) is 5.20. The normalized spacial score (nSPS) is 13.9. The van der Waals surface area contributed by atoms with Crippen molar-refractivity contribution in [3.63, 3.8) is 0 Å². The Morgan fingerprint density at radius 1 is 1.23 bits per heavy atom. The van der Waals surface area contributed by atoms with Crippen LogP contribution < -0.4 is 5.69 Å². The summed E-state index contributed by atoms with van der Waals surface area (Å²) in [5.41, 5.74) is 2.26. The van der Waals surface area contributed by atoms with E-state index < -0.39 is 11.7 Å². The molecule has 3 aromatic rings. The number of carbonyl (C=O) groups is 1. The topological polar surface area (TPSA) is 85.2 Å². The van der Waals surface area contributed by atoms with Gasteiger partial charge < -0.3 is 14.6 Å². The van der Waals surface area contributed by atoms with Gasteiger partial charge in [-0.15, -0.1) is 0 Å². The van der Waals surface area contributed by atoms with Crippen molar-refractivity contribution in [1.29, 1.82) is 0 Å². The van der Waals surface area contributed by atoms with Gasteiger partial charge in [0.05, 0.1) is 17.9 Å². The molecule has 0 bridgehead atoms. The van der Waals surface area contributed by atoms with Crippen LogP contribution in [0.2, 0.25) is 0 Å². The van der Waals surface area contributed by atoms with Gasteiger partial charge in [-0.1, -0.05) is 0 Å². The number of imidazole rings is 1. The maximum atomic E-state index is 14.2. The first-order valence-electron chi connectivity index (χ1n) is 10.2. The van der Waals surface area contributed by atoms with Crippen LogP contribution in [0.15, 0.2) is 29.3 Å². The minimum atomic E-state index is -0.606. The number of aryl methyl sites for hydroxylation is 2. The molecule has 0 unspecified atom stereocenters. The van der Waals surface area contributed by atoms with E-state index in [1.165, 1.54) is 4.57 Å². The number of amides is 1. The summed E-state index contributed by atoms with van der Waals surface area (Å²) in [7, 11) is 0. The maximum absolute atomic E-state index is 14.2. The van der Waals surface area contributed by atoms with Crippen LogP contribution in [0.25, 0.3) is 11.5 Å². The van der Waals surface area contributed by atoms with Crippen LogP contribution in [0.3, 0.4) is 0 Å². The van der Waals surface area contributed by atoms with Crippen molar-refractivity contribution in [2.24, 2.45) is 0 Å². The number of ether oxygens (including phenoxy) is 1. The molecule has 1 aliphatic rings. The second-order valence-electron chi connectivity index (χ2n) is 8.84. The van der Waals surface area contributed by atoms with Gasteiger partial charge in [0.25, 0.3) is 0 Å². The summed E-state index contributed by atoms with van der Waals surface area (Å²) in [6, 6.07) is 3.40. The molecule has 164 valence electrons. The summed E-state index contributed by atoms with van der Waals surface area (Å²) in [5, 5.41) is 4.74. The van der Waals surface area contributed by atoms with E-state index in [0.29, 0.717) is 35.6 Å². The third-order valence-corrected chi connectivity index (χ3v) is 5.20. The second-order valence-corrected chi connectivity index (χ2v) is 8.84. The fourth-order valence-corrected chi connectivity index (χ4v) is 3.80. The Morgan fingerprint density at radius 3 is 2.48 bits per heavy atom. The van der Waals surface area contributed by atoms with Crippen molar-refractivity contribution in [1.82, 2.24) is 24.2 Å². The van der Waals surface area contributed by atoms with Crippen LogP contribution in [-0.2, 0) is 17.7 Å². The van der Waals surface area contributed by atoms with E-state index in [0.717, 1.165) is 11.3 Å². The quantitative estimate of drug-likeness (QED) is 0.679. The molecule has 0 radical (unpaired) electrons. The number of H-pyrrole nitrogens is 1. The van der Waals surface area contributed by atoms with E-state index in [4.69, 9.17) is 9.84 Å². The highest BCUT2D eigenvalue weighted by atomic mass is 19.1. The van der Waals surface area contributed by atoms with Crippen LogP contribution in [0, 0.1) is 19.7 Å². The van der Waals surface area contributed by atoms with Crippen molar-refractivity contribution in [3.05, 3.63) is 63.2 Å². The van der Waals surface area contributed by atoms with Gasteiger partial charge in [0.1, 0.15) is 17.2 Å². The smallest absolute Gasteiger partial charge is 0.410 e. The molecule has 2 aromatic heterocycles. The van der Waals surface area contributed by atoms with E-state index in [9.17, 15) is 14.0 Å². The highest BCUT2D eigenvalue weighted by molar-refractivity contribution is 5.69. The first-order chi connectivity index (χ1) is 14.5. The number of fused-ring (bicyclic) bond motifs is 1. The number of aromatic amines is 1. The molecule has 0 atom stereocenters. The summed E-state index contributed by atoms with van der Waals surface area (Å²) < 4.78 is 22.9. The fourth-order valence-electron chi connectivity index (χ4n) is 3.80. The highest BCUT2D eigenvalue weighted by Gasteiger charge is 2.31. The molecule has 31 heavy (non-hydrogen) atoms. The van der Waals surface area contributed by atoms with E-state index >= 15 is 0 Å². The van der Waals surface area contributed by atoms with Crippen molar-refractivity contribution < 1.29 is 13.9 Å². The van der Waals surface area contributed by atoms with Gasteiger partial charge in [0, 0.05) is 30.9 Å². The van der Waals surface area contributed by atoms with E-state index in [1.807, 2.05) is 20.8 Å². The Hall–Kier alpha value is -3.36. The molecule has 1 N–H and O–H groups in total. The van der Waals surface area contributed by atoms with Crippen molar-refractivity contribution in [2.45, 2.75) is 53.2 Å². The monoisotopic (exact) mass is 427 g/mol. The second kappa shape index (κ2) is 7.40. The molecule has 1 amide bonds. The van der Waals surface area contributed by atoms with Crippen LogP contribution >= 0.6 is 0 Å². The van der Waals surface area contributed by atoms with Gasteiger partial charge >= 0.3 is 11.8 Å². The van der Waals surface area contributed by atoms with Crippen LogP contribution in [-0.4, -0.2) is 42.5 Å². The molecule has 8 nitrogen and oxygen atoms in total. The number of hydrogen-bond donors (Lipinski definition) is 1. The predicted molar refractivity (Wildman–Crippen MR) is 113 cm³/mol. The van der Waals surface area contributed by atoms with E-state index in [-0.39, 0.29) is 18.1 Å². The van der Waals surface area contributed by atoms with Gasteiger partial charge in [-0.2, -0.15) is 5.10 Å². The van der Waals surface area contributed by atoms with Gasteiger partial charge in [0.2, 0.25) is 0 Å². The first-order valence-corrected chi connectivity index (χ1v) is 10.2. The van der Waals surface area contributed by atoms with Crippen LogP contribution in [0.1, 0.15) is 43.2 Å². The number of aromatic nitrogens is 4. The fraction of sp³-hybridized carbons (Fsp3) is 0.409. The summed E-state index contributed by atoms with van der Waals surface area (Å²) in [5.74, 6) is 0.261. The Bertz CT molecular complexity index is 1190. The largest absolute Gasteiger partial charge is 0.444 e. The molecule has 3 heterocycles. The molecule has 0 saturated carbocycles. The summed E-state index contributed by atoms with van der Waals surface area (Å²) in [4.78, 5) is 29.4.